The van der Waals surface area contributed by atoms with Crippen LogP contribution in [0.4, 0.5) is 0 Å². The summed E-state index contributed by atoms with van der Waals surface area (Å²) in [6, 6.07) is 0. The van der Waals surface area contributed by atoms with Gasteiger partial charge in [-0.05, 0) is 42.6 Å². The average Bonchev–Trinajstić information content (AvgIpc) is 2.56. The Kier molecular flexibility index (Phi) is 1.66. The Hall–Kier alpha value is -0.820. The van der Waals surface area contributed by atoms with Crippen LogP contribution in [0.1, 0.15) is 25.7 Å². The lowest BCUT2D eigenvalue weighted by Crippen LogP contribution is -2.16. The van der Waals surface area contributed by atoms with E-state index < -0.39 is 0 Å². The van der Waals surface area contributed by atoms with Crippen LogP contribution in [0, 0.1) is 6.08 Å². The fraction of sp³-hybridized carbons (Fsp3) is 0.500. The zero-order valence-electron chi connectivity index (χ0n) is 7.62. The third kappa shape index (κ3) is 1.11. The zero-order chi connectivity index (χ0) is 8.67. The molecule has 0 aromatic rings. The van der Waals surface area contributed by atoms with E-state index in [1.165, 1.54) is 31.3 Å². The predicted octanol–water partition coefficient (Wildman–Crippen LogP) is 2.55. The number of rotatable bonds is 0. The van der Waals surface area contributed by atoms with Crippen molar-refractivity contribution in [2.75, 3.05) is 0 Å². The van der Waals surface area contributed by atoms with Gasteiger partial charge in [0.2, 0.25) is 0 Å². The van der Waals surface area contributed by atoms with Crippen molar-refractivity contribution < 1.29 is 4.74 Å². The molecule has 0 aromatic heterocycles. The summed E-state index contributed by atoms with van der Waals surface area (Å²) in [5.41, 5.74) is 2.94. The Morgan fingerprint density at radius 2 is 2.38 bits per heavy atom. The van der Waals surface area contributed by atoms with Gasteiger partial charge < -0.3 is 4.74 Å². The van der Waals surface area contributed by atoms with Crippen molar-refractivity contribution in [1.29, 1.82) is 0 Å². The molecule has 2 aliphatic carbocycles. The molecule has 3 rings (SSSR count). The molecule has 0 amide bonds. The van der Waals surface area contributed by atoms with Crippen LogP contribution in [0.2, 0.25) is 0 Å². The number of fused-ring (bicyclic) bond motifs is 2. The molecule has 1 heteroatoms. The topological polar surface area (TPSA) is 9.23 Å². The van der Waals surface area contributed by atoms with Gasteiger partial charge in [0.15, 0.2) is 0 Å². The normalized spacial score (nSPS) is 36.3. The number of hydrogen-bond donors (Lipinski definition) is 0. The first-order chi connectivity index (χ1) is 6.45. The molecular weight excluding hydrogens is 160 g/mol. The molecule has 13 heavy (non-hydrogen) atoms. The fourth-order valence-corrected chi connectivity index (χ4v) is 2.50. The molecule has 3 aliphatic rings. The average molecular weight is 173 g/mol. The van der Waals surface area contributed by atoms with Crippen LogP contribution >= 0.6 is 0 Å². The molecule has 1 saturated carbocycles. The van der Waals surface area contributed by atoms with Gasteiger partial charge in [-0.2, -0.15) is 0 Å². The summed E-state index contributed by atoms with van der Waals surface area (Å²) in [4.78, 5) is 0. The minimum absolute atomic E-state index is 0.249. The van der Waals surface area contributed by atoms with Crippen molar-refractivity contribution in [2.24, 2.45) is 0 Å². The van der Waals surface area contributed by atoms with Crippen LogP contribution in [0.15, 0.2) is 29.4 Å². The number of ether oxygens (including phenoxy) is 1. The van der Waals surface area contributed by atoms with Gasteiger partial charge in [0.25, 0.3) is 0 Å². The molecule has 1 fully saturated rings. The number of hydrogen-bond acceptors (Lipinski definition) is 1. The molecule has 0 aromatic carbocycles. The van der Waals surface area contributed by atoms with Gasteiger partial charge in [-0.15, -0.1) is 0 Å². The van der Waals surface area contributed by atoms with Gasteiger partial charge in [-0.1, -0.05) is 18.6 Å². The van der Waals surface area contributed by atoms with Gasteiger partial charge in [-0.25, -0.2) is 0 Å². The highest BCUT2D eigenvalue weighted by Crippen LogP contribution is 2.38. The first kappa shape index (κ1) is 7.57. The second-order valence-electron chi connectivity index (χ2n) is 3.94. The minimum atomic E-state index is 0.249. The maximum absolute atomic E-state index is 5.94. The number of allylic oxidation sites excluding steroid dienone is 2. The predicted molar refractivity (Wildman–Crippen MR) is 51.1 cm³/mol. The summed E-state index contributed by atoms with van der Waals surface area (Å²) < 4.78 is 5.94. The second-order valence-corrected chi connectivity index (χ2v) is 3.94. The standard InChI is InChI=1S/C12H13O/c1-3-7-11-9(5-1)10-6-2-4-8-12(10)13-11/h4,6,8,11-12H,1,3,5,7H2. The van der Waals surface area contributed by atoms with Crippen LogP contribution < -0.4 is 0 Å². The van der Waals surface area contributed by atoms with Crippen LogP contribution in [-0.4, -0.2) is 12.2 Å². The van der Waals surface area contributed by atoms with Gasteiger partial charge in [-0.3, -0.25) is 0 Å². The maximum Gasteiger partial charge on any atom is 0.102 e. The molecule has 0 spiro atoms. The second kappa shape index (κ2) is 2.85. The lowest BCUT2D eigenvalue weighted by molar-refractivity contribution is 0.0653. The molecule has 2 unspecified atom stereocenters. The van der Waals surface area contributed by atoms with E-state index in [9.17, 15) is 0 Å². The summed E-state index contributed by atoms with van der Waals surface area (Å²) in [6.07, 6.45) is 15.1. The summed E-state index contributed by atoms with van der Waals surface area (Å²) in [6.45, 7) is 0. The van der Waals surface area contributed by atoms with E-state index in [0.29, 0.717) is 6.10 Å². The van der Waals surface area contributed by atoms with Crippen molar-refractivity contribution in [3.05, 3.63) is 35.5 Å². The van der Waals surface area contributed by atoms with Gasteiger partial charge >= 0.3 is 0 Å². The highest BCUT2D eigenvalue weighted by molar-refractivity contribution is 5.41. The van der Waals surface area contributed by atoms with Crippen LogP contribution in [-0.2, 0) is 4.74 Å². The molecule has 2 atom stereocenters. The highest BCUT2D eigenvalue weighted by atomic mass is 16.5. The lowest BCUT2D eigenvalue weighted by atomic mass is 9.88. The zero-order valence-corrected chi connectivity index (χ0v) is 7.62. The first-order valence-electron chi connectivity index (χ1n) is 5.09. The summed E-state index contributed by atoms with van der Waals surface area (Å²) >= 11 is 0. The summed E-state index contributed by atoms with van der Waals surface area (Å²) in [5, 5.41) is 0. The minimum Gasteiger partial charge on any atom is -0.362 e. The van der Waals surface area contributed by atoms with E-state index >= 15 is 0 Å². The van der Waals surface area contributed by atoms with Crippen molar-refractivity contribution in [3.8, 4) is 0 Å². The molecule has 67 valence electrons. The fourth-order valence-electron chi connectivity index (χ4n) is 2.50. The Morgan fingerprint density at radius 3 is 3.38 bits per heavy atom. The summed E-state index contributed by atoms with van der Waals surface area (Å²) in [5.74, 6) is 0. The van der Waals surface area contributed by atoms with E-state index in [-0.39, 0.29) is 6.10 Å². The van der Waals surface area contributed by atoms with Gasteiger partial charge in [0, 0.05) is 0 Å². The molecule has 1 radical (unpaired) electrons. The van der Waals surface area contributed by atoms with Crippen LogP contribution in [0.5, 0.6) is 0 Å². The molecule has 1 aliphatic heterocycles. The lowest BCUT2D eigenvalue weighted by Gasteiger charge is -2.20. The van der Waals surface area contributed by atoms with E-state index in [4.69, 9.17) is 4.74 Å². The Bertz CT molecular complexity index is 309. The van der Waals surface area contributed by atoms with E-state index in [1.807, 2.05) is 6.08 Å². The van der Waals surface area contributed by atoms with Crippen LogP contribution in [0.3, 0.4) is 0 Å². The quantitative estimate of drug-likeness (QED) is 0.547. The Labute approximate surface area is 78.8 Å². The molecule has 1 nitrogen and oxygen atoms in total. The largest absolute Gasteiger partial charge is 0.362 e. The third-order valence-electron chi connectivity index (χ3n) is 3.15. The molecule has 0 saturated heterocycles. The first-order valence-corrected chi connectivity index (χ1v) is 5.09. The SMILES string of the molecule is [C]1=CC2=C3CCCCC3OC2C=C1. The van der Waals surface area contributed by atoms with Crippen molar-refractivity contribution >= 4 is 0 Å². The van der Waals surface area contributed by atoms with E-state index in [0.717, 1.165) is 0 Å². The van der Waals surface area contributed by atoms with E-state index in [1.54, 1.807) is 5.57 Å². The summed E-state index contributed by atoms with van der Waals surface area (Å²) in [7, 11) is 0. The van der Waals surface area contributed by atoms with Crippen molar-refractivity contribution in [3.63, 3.8) is 0 Å². The molecule has 0 bridgehead atoms. The Balaban J connectivity index is 2.00. The highest BCUT2D eigenvalue weighted by Gasteiger charge is 2.33. The molecular formula is C12H13O. The van der Waals surface area contributed by atoms with Crippen LogP contribution in [0.25, 0.3) is 0 Å². The van der Waals surface area contributed by atoms with Gasteiger partial charge in [0.05, 0.1) is 6.10 Å². The smallest absolute Gasteiger partial charge is 0.102 e. The van der Waals surface area contributed by atoms with Crippen molar-refractivity contribution in [1.82, 2.24) is 0 Å². The third-order valence-corrected chi connectivity index (χ3v) is 3.15. The monoisotopic (exact) mass is 173 g/mol. The van der Waals surface area contributed by atoms with Crippen molar-refractivity contribution in [2.45, 2.75) is 37.9 Å². The van der Waals surface area contributed by atoms with E-state index in [2.05, 4.69) is 18.2 Å². The maximum atomic E-state index is 5.94. The molecule has 1 heterocycles. The molecule has 0 N–H and O–H groups in total. The van der Waals surface area contributed by atoms with Gasteiger partial charge in [0.1, 0.15) is 6.10 Å². The Morgan fingerprint density at radius 1 is 1.38 bits per heavy atom.